The van der Waals surface area contributed by atoms with Gasteiger partial charge in [-0.05, 0) is 42.3 Å². The molecule has 2 aromatic rings. The Morgan fingerprint density at radius 3 is 2.60 bits per heavy atom. The number of hydrogen-bond acceptors (Lipinski definition) is 2. The maximum atomic E-state index is 12.5. The van der Waals surface area contributed by atoms with Crippen molar-refractivity contribution in [1.82, 2.24) is 0 Å². The predicted octanol–water partition coefficient (Wildman–Crippen LogP) is 4.95. The molecule has 0 saturated heterocycles. The average molecular weight is 398 g/mol. The van der Waals surface area contributed by atoms with Crippen LogP contribution in [0.2, 0.25) is 0 Å². The Morgan fingerprint density at radius 1 is 1.20 bits per heavy atom. The zero-order valence-electron chi connectivity index (χ0n) is 11.2. The zero-order valence-corrected chi connectivity index (χ0v) is 14.4. The van der Waals surface area contributed by atoms with Crippen molar-refractivity contribution in [2.75, 3.05) is 7.11 Å². The molecule has 104 valence electrons. The van der Waals surface area contributed by atoms with E-state index in [0.29, 0.717) is 17.7 Å². The molecule has 0 aliphatic heterocycles. The van der Waals surface area contributed by atoms with Crippen LogP contribution in [0.4, 0.5) is 0 Å². The van der Waals surface area contributed by atoms with Gasteiger partial charge in [0.05, 0.1) is 12.7 Å². The van der Waals surface area contributed by atoms with E-state index in [1.807, 2.05) is 43.3 Å². The van der Waals surface area contributed by atoms with Crippen molar-refractivity contribution in [3.63, 3.8) is 0 Å². The highest BCUT2D eigenvalue weighted by atomic mass is 79.9. The van der Waals surface area contributed by atoms with E-state index in [1.54, 1.807) is 7.11 Å². The molecule has 0 spiro atoms. The number of carbonyl (C=O) groups excluding carboxylic acids is 1. The summed E-state index contributed by atoms with van der Waals surface area (Å²) in [4.78, 5) is 12.5. The van der Waals surface area contributed by atoms with E-state index < -0.39 is 0 Å². The molecule has 0 heterocycles. The van der Waals surface area contributed by atoms with Gasteiger partial charge in [0.15, 0.2) is 5.78 Å². The summed E-state index contributed by atoms with van der Waals surface area (Å²) in [6.07, 6.45) is 0.352. The van der Waals surface area contributed by atoms with Gasteiger partial charge in [-0.1, -0.05) is 44.0 Å². The Kier molecular flexibility index (Phi) is 5.00. The van der Waals surface area contributed by atoms with Crippen molar-refractivity contribution >= 4 is 37.6 Å². The van der Waals surface area contributed by atoms with E-state index >= 15 is 0 Å². The van der Waals surface area contributed by atoms with Gasteiger partial charge in [-0.15, -0.1) is 0 Å². The predicted molar refractivity (Wildman–Crippen MR) is 87.6 cm³/mol. The third-order valence-corrected chi connectivity index (χ3v) is 4.38. The standard InChI is InChI=1S/C16H14Br2O2/c1-10-6-16(20-2)13(9-14(10)18)15(19)8-11-4-3-5-12(17)7-11/h3-7,9H,8H2,1-2H3. The second-order valence-electron chi connectivity index (χ2n) is 4.53. The molecule has 0 saturated carbocycles. The third kappa shape index (κ3) is 3.49. The van der Waals surface area contributed by atoms with E-state index in [1.165, 1.54) is 0 Å². The third-order valence-electron chi connectivity index (χ3n) is 3.03. The monoisotopic (exact) mass is 396 g/mol. The molecule has 0 atom stereocenters. The molecule has 4 heteroatoms. The maximum absolute atomic E-state index is 12.5. The fraction of sp³-hybridized carbons (Fsp3) is 0.188. The molecule has 0 aliphatic rings. The number of ether oxygens (including phenoxy) is 1. The molecule has 20 heavy (non-hydrogen) atoms. The number of hydrogen-bond donors (Lipinski definition) is 0. The first-order valence-corrected chi connectivity index (χ1v) is 7.71. The van der Waals surface area contributed by atoms with Gasteiger partial charge >= 0.3 is 0 Å². The molecule has 2 nitrogen and oxygen atoms in total. The van der Waals surface area contributed by atoms with Crippen LogP contribution >= 0.6 is 31.9 Å². The number of ketones is 1. The van der Waals surface area contributed by atoms with Crippen molar-refractivity contribution in [1.29, 1.82) is 0 Å². The number of benzene rings is 2. The minimum Gasteiger partial charge on any atom is -0.496 e. The fourth-order valence-corrected chi connectivity index (χ4v) is 2.76. The van der Waals surface area contributed by atoms with Crippen LogP contribution in [0.1, 0.15) is 21.5 Å². The summed E-state index contributed by atoms with van der Waals surface area (Å²) in [5, 5.41) is 0. The first kappa shape index (κ1) is 15.3. The summed E-state index contributed by atoms with van der Waals surface area (Å²) in [5.74, 6) is 0.659. The molecule has 0 N–H and O–H groups in total. The highest BCUT2D eigenvalue weighted by molar-refractivity contribution is 9.10. The lowest BCUT2D eigenvalue weighted by atomic mass is 10.0. The quantitative estimate of drug-likeness (QED) is 0.682. The van der Waals surface area contributed by atoms with Crippen LogP contribution < -0.4 is 4.74 Å². The van der Waals surface area contributed by atoms with Crippen LogP contribution in [-0.2, 0) is 6.42 Å². The topological polar surface area (TPSA) is 26.3 Å². The number of halogens is 2. The SMILES string of the molecule is COc1cc(C)c(Br)cc1C(=O)Cc1cccc(Br)c1. The average Bonchev–Trinajstić information content (AvgIpc) is 2.41. The molecule has 0 amide bonds. The molecule has 0 unspecified atom stereocenters. The molecular formula is C16H14Br2O2. The van der Waals surface area contributed by atoms with E-state index in [-0.39, 0.29) is 5.78 Å². The van der Waals surface area contributed by atoms with Gasteiger partial charge in [-0.3, -0.25) is 4.79 Å². The Balaban J connectivity index is 2.31. The zero-order chi connectivity index (χ0) is 14.7. The van der Waals surface area contributed by atoms with Crippen LogP contribution in [0.3, 0.4) is 0 Å². The van der Waals surface area contributed by atoms with Crippen molar-refractivity contribution in [3.8, 4) is 5.75 Å². The molecular weight excluding hydrogens is 384 g/mol. The number of rotatable bonds is 4. The van der Waals surface area contributed by atoms with Gasteiger partial charge in [0, 0.05) is 15.4 Å². The van der Waals surface area contributed by atoms with Crippen LogP contribution in [0.15, 0.2) is 45.3 Å². The van der Waals surface area contributed by atoms with E-state index in [2.05, 4.69) is 31.9 Å². The maximum Gasteiger partial charge on any atom is 0.170 e. The van der Waals surface area contributed by atoms with Crippen molar-refractivity contribution in [3.05, 3.63) is 62.0 Å². The van der Waals surface area contributed by atoms with Gasteiger partial charge in [-0.25, -0.2) is 0 Å². The Hall–Kier alpha value is -1.13. The van der Waals surface area contributed by atoms with Crippen LogP contribution in [0, 0.1) is 6.92 Å². The second-order valence-corrected chi connectivity index (χ2v) is 6.30. The number of carbonyl (C=O) groups is 1. The Morgan fingerprint density at radius 2 is 1.95 bits per heavy atom. The molecule has 2 aromatic carbocycles. The minimum atomic E-state index is 0.0423. The van der Waals surface area contributed by atoms with Gasteiger partial charge in [-0.2, -0.15) is 0 Å². The highest BCUT2D eigenvalue weighted by Gasteiger charge is 2.15. The van der Waals surface area contributed by atoms with Crippen molar-refractivity contribution in [2.24, 2.45) is 0 Å². The number of aryl methyl sites for hydroxylation is 1. The van der Waals surface area contributed by atoms with Crippen molar-refractivity contribution in [2.45, 2.75) is 13.3 Å². The highest BCUT2D eigenvalue weighted by Crippen LogP contribution is 2.28. The smallest absolute Gasteiger partial charge is 0.170 e. The Labute approximate surface area is 135 Å². The lowest BCUT2D eigenvalue weighted by Crippen LogP contribution is -2.06. The molecule has 2 rings (SSSR count). The molecule has 0 radical (unpaired) electrons. The number of methoxy groups -OCH3 is 1. The first-order valence-electron chi connectivity index (χ1n) is 6.13. The minimum absolute atomic E-state index is 0.0423. The number of Topliss-reactive ketones (excluding diaryl/α,β-unsaturated/α-hetero) is 1. The van der Waals surface area contributed by atoms with Gasteiger partial charge in [0.2, 0.25) is 0 Å². The van der Waals surface area contributed by atoms with Crippen LogP contribution in [-0.4, -0.2) is 12.9 Å². The second kappa shape index (κ2) is 6.55. The van der Waals surface area contributed by atoms with Crippen LogP contribution in [0.25, 0.3) is 0 Å². The lowest BCUT2D eigenvalue weighted by molar-refractivity contribution is 0.0990. The fourth-order valence-electron chi connectivity index (χ4n) is 1.97. The van der Waals surface area contributed by atoms with E-state index in [9.17, 15) is 4.79 Å². The summed E-state index contributed by atoms with van der Waals surface area (Å²) in [5.41, 5.74) is 2.62. The largest absolute Gasteiger partial charge is 0.496 e. The summed E-state index contributed by atoms with van der Waals surface area (Å²) in [7, 11) is 1.58. The van der Waals surface area contributed by atoms with Gasteiger partial charge in [0.25, 0.3) is 0 Å². The summed E-state index contributed by atoms with van der Waals surface area (Å²) < 4.78 is 7.20. The molecule has 0 fully saturated rings. The van der Waals surface area contributed by atoms with E-state index in [0.717, 1.165) is 20.1 Å². The normalized spacial score (nSPS) is 10.4. The molecule has 0 bridgehead atoms. The molecule has 0 aromatic heterocycles. The summed E-state index contributed by atoms with van der Waals surface area (Å²) >= 11 is 6.87. The Bertz CT molecular complexity index is 651. The van der Waals surface area contributed by atoms with Gasteiger partial charge < -0.3 is 4.74 Å². The summed E-state index contributed by atoms with van der Waals surface area (Å²) in [6, 6.07) is 11.5. The summed E-state index contributed by atoms with van der Waals surface area (Å²) in [6.45, 7) is 1.97. The first-order chi connectivity index (χ1) is 9.51. The lowest BCUT2D eigenvalue weighted by Gasteiger charge is -2.10. The van der Waals surface area contributed by atoms with Crippen molar-refractivity contribution < 1.29 is 9.53 Å². The van der Waals surface area contributed by atoms with Crippen LogP contribution in [0.5, 0.6) is 5.75 Å². The van der Waals surface area contributed by atoms with Gasteiger partial charge in [0.1, 0.15) is 5.75 Å². The molecule has 0 aliphatic carbocycles. The van der Waals surface area contributed by atoms with E-state index in [4.69, 9.17) is 4.74 Å².